The predicted octanol–water partition coefficient (Wildman–Crippen LogP) is 4.65. The molecule has 0 spiro atoms. The molecule has 2 rings (SSSR count). The summed E-state index contributed by atoms with van der Waals surface area (Å²) in [6, 6.07) is 7.13. The molecular weight excluding hydrogens is 336 g/mol. The Hall–Kier alpha value is -0.910. The molecule has 0 N–H and O–H groups in total. The molecule has 1 fully saturated rings. The van der Waals surface area contributed by atoms with Crippen LogP contribution >= 0.6 is 0 Å². The van der Waals surface area contributed by atoms with Crippen molar-refractivity contribution in [2.75, 3.05) is 19.0 Å². The zero-order valence-electron chi connectivity index (χ0n) is 15.4. The Labute approximate surface area is 152 Å². The number of sulfone groups is 1. The second kappa shape index (κ2) is 10.9. The van der Waals surface area contributed by atoms with E-state index in [1.165, 1.54) is 6.42 Å². The van der Waals surface area contributed by atoms with Crippen LogP contribution in [0.2, 0.25) is 0 Å². The molecule has 1 aliphatic rings. The van der Waals surface area contributed by atoms with E-state index in [-0.39, 0.29) is 12.0 Å². The molecule has 0 bridgehead atoms. The maximum absolute atomic E-state index is 12.2. The van der Waals surface area contributed by atoms with Gasteiger partial charge in [0.05, 0.1) is 10.6 Å². The molecule has 142 valence electrons. The fraction of sp³-hybridized carbons (Fsp3) is 0.700. The number of aryl methyl sites for hydroxylation is 1. The molecule has 1 aliphatic heterocycles. The summed E-state index contributed by atoms with van der Waals surface area (Å²) in [7, 11) is -3.12. The fourth-order valence-corrected chi connectivity index (χ4v) is 4.39. The van der Waals surface area contributed by atoms with E-state index in [1.54, 1.807) is 12.1 Å². The molecule has 0 saturated carbocycles. The maximum Gasteiger partial charge on any atom is 0.178 e. The predicted molar refractivity (Wildman–Crippen MR) is 100 cm³/mol. The molecule has 1 unspecified atom stereocenters. The Morgan fingerprint density at radius 1 is 1.00 bits per heavy atom. The number of rotatable bonds is 11. The zero-order valence-corrected chi connectivity index (χ0v) is 16.2. The van der Waals surface area contributed by atoms with E-state index < -0.39 is 9.84 Å². The minimum Gasteiger partial charge on any atom is -0.353 e. The van der Waals surface area contributed by atoms with Gasteiger partial charge >= 0.3 is 0 Å². The first-order valence-electron chi connectivity index (χ1n) is 9.60. The first-order valence-corrected chi connectivity index (χ1v) is 11.3. The van der Waals surface area contributed by atoms with Crippen LogP contribution in [0.3, 0.4) is 0 Å². The Kier molecular flexibility index (Phi) is 8.93. The third-order valence-corrected chi connectivity index (χ3v) is 6.45. The molecule has 1 heterocycles. The highest BCUT2D eigenvalue weighted by atomic mass is 32.2. The summed E-state index contributed by atoms with van der Waals surface area (Å²) in [5.41, 5.74) is 1.08. The van der Waals surface area contributed by atoms with E-state index in [4.69, 9.17) is 9.47 Å². The average Bonchev–Trinajstić information content (AvgIpc) is 2.61. The van der Waals surface area contributed by atoms with Gasteiger partial charge in [0.1, 0.15) is 0 Å². The van der Waals surface area contributed by atoms with Gasteiger partial charge in [0.25, 0.3) is 0 Å². The van der Waals surface area contributed by atoms with E-state index in [2.05, 4.69) is 0 Å². The summed E-state index contributed by atoms with van der Waals surface area (Å²) in [6.45, 7) is 3.56. The van der Waals surface area contributed by atoms with Crippen molar-refractivity contribution in [3.8, 4) is 0 Å². The van der Waals surface area contributed by atoms with Crippen LogP contribution in [0.1, 0.15) is 63.4 Å². The lowest BCUT2D eigenvalue weighted by Gasteiger charge is -2.22. The molecule has 1 aromatic rings. The summed E-state index contributed by atoms with van der Waals surface area (Å²) in [5.74, 6) is 0.248. The Morgan fingerprint density at radius 3 is 2.36 bits per heavy atom. The van der Waals surface area contributed by atoms with Crippen LogP contribution in [0.4, 0.5) is 0 Å². The fourth-order valence-electron chi connectivity index (χ4n) is 3.02. The number of benzene rings is 1. The highest BCUT2D eigenvalue weighted by Crippen LogP contribution is 2.16. The highest BCUT2D eigenvalue weighted by molar-refractivity contribution is 7.91. The summed E-state index contributed by atoms with van der Waals surface area (Å²) in [6.07, 6.45) is 9.52. The molecule has 1 saturated heterocycles. The molecule has 0 radical (unpaired) electrons. The smallest absolute Gasteiger partial charge is 0.178 e. The van der Waals surface area contributed by atoms with Gasteiger partial charge in [-0.2, -0.15) is 0 Å². The largest absolute Gasteiger partial charge is 0.353 e. The number of ether oxygens (including phenoxy) is 2. The lowest BCUT2D eigenvalue weighted by atomic mass is 10.1. The van der Waals surface area contributed by atoms with Gasteiger partial charge in [0, 0.05) is 13.2 Å². The van der Waals surface area contributed by atoms with Gasteiger partial charge in [-0.25, -0.2) is 8.42 Å². The normalized spacial score (nSPS) is 18.4. The number of hydrogen-bond donors (Lipinski definition) is 0. The maximum atomic E-state index is 12.2. The van der Waals surface area contributed by atoms with Crippen LogP contribution in [0, 0.1) is 6.92 Å². The molecule has 1 atom stereocenters. The average molecular weight is 369 g/mol. The van der Waals surface area contributed by atoms with Crippen LogP contribution in [-0.4, -0.2) is 33.7 Å². The van der Waals surface area contributed by atoms with Crippen molar-refractivity contribution < 1.29 is 17.9 Å². The zero-order chi connectivity index (χ0) is 18.0. The first kappa shape index (κ1) is 20.4. The lowest BCUT2D eigenvalue weighted by Crippen LogP contribution is -2.22. The molecular formula is C20H32O4S. The van der Waals surface area contributed by atoms with E-state index in [1.807, 2.05) is 19.1 Å². The topological polar surface area (TPSA) is 52.6 Å². The van der Waals surface area contributed by atoms with Gasteiger partial charge in [-0.1, -0.05) is 43.4 Å². The molecule has 0 aliphatic carbocycles. The molecule has 4 nitrogen and oxygen atoms in total. The monoisotopic (exact) mass is 368 g/mol. The minimum atomic E-state index is -3.12. The van der Waals surface area contributed by atoms with Gasteiger partial charge in [-0.05, 0) is 51.2 Å². The van der Waals surface area contributed by atoms with E-state index >= 15 is 0 Å². The number of hydrogen-bond acceptors (Lipinski definition) is 4. The SMILES string of the molecule is Cc1ccc(S(=O)(=O)CCCCCCCCOC2CCCCO2)cc1. The number of unbranched alkanes of at least 4 members (excludes halogenated alkanes) is 5. The van der Waals surface area contributed by atoms with Crippen molar-refractivity contribution in [3.63, 3.8) is 0 Å². The molecule has 0 aromatic heterocycles. The second-order valence-corrected chi connectivity index (χ2v) is 9.03. The summed E-state index contributed by atoms with van der Waals surface area (Å²) in [5, 5.41) is 0. The van der Waals surface area contributed by atoms with Crippen molar-refractivity contribution in [1.82, 2.24) is 0 Å². The highest BCUT2D eigenvalue weighted by Gasteiger charge is 2.14. The van der Waals surface area contributed by atoms with Crippen molar-refractivity contribution in [2.24, 2.45) is 0 Å². The van der Waals surface area contributed by atoms with Gasteiger partial charge in [-0.15, -0.1) is 0 Å². The van der Waals surface area contributed by atoms with Crippen molar-refractivity contribution in [2.45, 2.75) is 75.9 Å². The summed E-state index contributed by atoms with van der Waals surface area (Å²) < 4.78 is 35.7. The standard InChI is InChI=1S/C20H32O4S/c1-18-11-13-19(14-12-18)25(21,22)17-9-5-3-2-4-7-15-23-20-10-6-8-16-24-20/h11-14,20H,2-10,15-17H2,1H3. The van der Waals surface area contributed by atoms with Crippen molar-refractivity contribution >= 4 is 9.84 Å². The van der Waals surface area contributed by atoms with Gasteiger partial charge in [-0.3, -0.25) is 0 Å². The third-order valence-electron chi connectivity index (χ3n) is 4.63. The quantitative estimate of drug-likeness (QED) is 0.533. The van der Waals surface area contributed by atoms with E-state index in [0.717, 1.165) is 70.1 Å². The molecule has 25 heavy (non-hydrogen) atoms. The van der Waals surface area contributed by atoms with Crippen molar-refractivity contribution in [1.29, 1.82) is 0 Å². The second-order valence-electron chi connectivity index (χ2n) is 6.92. The molecule has 0 amide bonds. The summed E-state index contributed by atoms with van der Waals surface area (Å²) >= 11 is 0. The van der Waals surface area contributed by atoms with Gasteiger partial charge in [0.2, 0.25) is 0 Å². The van der Waals surface area contributed by atoms with Gasteiger partial charge in [0.15, 0.2) is 16.1 Å². The van der Waals surface area contributed by atoms with Crippen LogP contribution < -0.4 is 0 Å². The summed E-state index contributed by atoms with van der Waals surface area (Å²) in [4.78, 5) is 0.445. The van der Waals surface area contributed by atoms with Crippen LogP contribution in [0.5, 0.6) is 0 Å². The van der Waals surface area contributed by atoms with E-state index in [0.29, 0.717) is 4.90 Å². The minimum absolute atomic E-state index is 0.0146. The van der Waals surface area contributed by atoms with E-state index in [9.17, 15) is 8.42 Å². The first-order chi connectivity index (χ1) is 12.1. The van der Waals surface area contributed by atoms with Crippen LogP contribution in [-0.2, 0) is 19.3 Å². The Balaban J connectivity index is 1.48. The molecule has 1 aromatic carbocycles. The molecule has 5 heteroatoms. The Bertz CT molecular complexity index is 574. The van der Waals surface area contributed by atoms with Crippen molar-refractivity contribution in [3.05, 3.63) is 29.8 Å². The van der Waals surface area contributed by atoms with Crippen LogP contribution in [0.15, 0.2) is 29.2 Å². The Morgan fingerprint density at radius 2 is 1.68 bits per heavy atom. The van der Waals surface area contributed by atoms with Gasteiger partial charge < -0.3 is 9.47 Å². The third kappa shape index (κ3) is 7.89. The van der Waals surface area contributed by atoms with Crippen LogP contribution in [0.25, 0.3) is 0 Å². The lowest BCUT2D eigenvalue weighted by molar-refractivity contribution is -0.162.